The fraction of sp³-hybridized carbons (Fsp3) is 0.905. The summed E-state index contributed by atoms with van der Waals surface area (Å²) in [5.74, 6) is 1.49. The van der Waals surface area contributed by atoms with Gasteiger partial charge in [0.1, 0.15) is 17.8 Å². The van der Waals surface area contributed by atoms with Crippen LogP contribution < -0.4 is 0 Å². The Morgan fingerprint density at radius 1 is 1.19 bits per heavy atom. The lowest BCUT2D eigenvalue weighted by molar-refractivity contribution is -0.244. The van der Waals surface area contributed by atoms with Gasteiger partial charge in [0.25, 0.3) is 0 Å². The van der Waals surface area contributed by atoms with Gasteiger partial charge in [-0.2, -0.15) is 0 Å². The molecule has 5 aliphatic carbocycles. The molecule has 142 valence electrons. The van der Waals surface area contributed by atoms with Crippen molar-refractivity contribution in [3.05, 3.63) is 0 Å². The number of nitrogens with zero attached hydrogens (tertiary/aromatic N) is 1. The highest BCUT2D eigenvalue weighted by Gasteiger charge is 2.79. The molecule has 2 spiro atoms. The molecule has 2 saturated heterocycles. The van der Waals surface area contributed by atoms with Crippen LogP contribution in [-0.2, 0) is 14.3 Å². The Kier molecular flexibility index (Phi) is 2.77. The number of rotatable bonds is 0. The van der Waals surface area contributed by atoms with Gasteiger partial charge in [0, 0.05) is 42.1 Å². The number of aliphatic hydroxyl groups excluding tert-OH is 1. The third-order valence-corrected chi connectivity index (χ3v) is 9.61. The zero-order valence-corrected chi connectivity index (χ0v) is 15.9. The van der Waals surface area contributed by atoms with Crippen LogP contribution in [0.2, 0.25) is 0 Å². The predicted molar refractivity (Wildman–Crippen MR) is 93.0 cm³/mol. The van der Waals surface area contributed by atoms with E-state index in [1.807, 2.05) is 0 Å². The molecule has 5 bridgehead atoms. The number of aliphatic hydroxyl groups is 1. The molecule has 1 N–H and O–H groups in total. The summed E-state index contributed by atoms with van der Waals surface area (Å²) in [4.78, 5) is 28.6. The van der Waals surface area contributed by atoms with Crippen LogP contribution in [0, 0.1) is 39.9 Å². The smallest absolute Gasteiger partial charge is 0.137 e. The molecule has 7 rings (SSSR count). The maximum atomic E-state index is 13.6. The molecule has 1 unspecified atom stereocenters. The van der Waals surface area contributed by atoms with Crippen LogP contribution in [0.4, 0.5) is 0 Å². The Morgan fingerprint density at radius 3 is 2.65 bits per heavy atom. The van der Waals surface area contributed by atoms with Crippen molar-refractivity contribution in [2.45, 2.75) is 64.4 Å². The van der Waals surface area contributed by atoms with Crippen molar-refractivity contribution < 1.29 is 19.4 Å². The van der Waals surface area contributed by atoms with E-state index < -0.39 is 11.5 Å². The van der Waals surface area contributed by atoms with Crippen LogP contribution in [0.1, 0.15) is 46.0 Å². The molecule has 0 amide bonds. The van der Waals surface area contributed by atoms with Crippen molar-refractivity contribution in [1.29, 1.82) is 0 Å². The Labute approximate surface area is 154 Å². The summed E-state index contributed by atoms with van der Waals surface area (Å²) in [6.07, 6.45) is 3.03. The highest BCUT2D eigenvalue weighted by Crippen LogP contribution is 2.75. The van der Waals surface area contributed by atoms with Gasteiger partial charge in [0.15, 0.2) is 0 Å². The second-order valence-electron chi connectivity index (χ2n) is 10.9. The standard InChI is InChI=1S/C21H29NO4/c1-10-5-20-6-12(23)11(10)4-15(20)21-8-14-17(25)19(2,16(21)13(24)7-20)9-22(3)18(21)26-14/h10-11,14-18,25H,4-9H2,1-3H3/t10-,11+,14-,15-,16-,17-,18?,19+,20-,21-/m1/s1. The molecule has 5 nitrogen and oxygen atoms in total. The first-order chi connectivity index (χ1) is 12.2. The zero-order chi connectivity index (χ0) is 18.2. The van der Waals surface area contributed by atoms with E-state index in [4.69, 9.17) is 4.74 Å². The molecule has 7 aliphatic rings. The van der Waals surface area contributed by atoms with E-state index in [1.54, 1.807) is 0 Å². The molecule has 0 aromatic carbocycles. The number of fused-ring (bicyclic) bond motifs is 3. The van der Waals surface area contributed by atoms with Gasteiger partial charge in [0.05, 0.1) is 12.2 Å². The summed E-state index contributed by atoms with van der Waals surface area (Å²) in [6, 6.07) is 0. The van der Waals surface area contributed by atoms with E-state index in [0.29, 0.717) is 42.8 Å². The van der Waals surface area contributed by atoms with Gasteiger partial charge in [-0.15, -0.1) is 0 Å². The Balaban J connectivity index is 1.57. The van der Waals surface area contributed by atoms with Gasteiger partial charge in [-0.25, -0.2) is 0 Å². The number of ketones is 2. The molecule has 0 aromatic rings. The Morgan fingerprint density at radius 2 is 1.92 bits per heavy atom. The Bertz CT molecular complexity index is 738. The quantitative estimate of drug-likeness (QED) is 0.712. The number of likely N-dealkylation sites (tertiary alicyclic amines) is 1. The maximum absolute atomic E-state index is 13.6. The van der Waals surface area contributed by atoms with Crippen LogP contribution in [0.5, 0.6) is 0 Å². The van der Waals surface area contributed by atoms with Gasteiger partial charge >= 0.3 is 0 Å². The van der Waals surface area contributed by atoms with Crippen molar-refractivity contribution >= 4 is 11.6 Å². The molecule has 0 aromatic heterocycles. The summed E-state index contributed by atoms with van der Waals surface area (Å²) in [7, 11) is 2.09. The predicted octanol–water partition coefficient (Wildman–Crippen LogP) is 1.62. The van der Waals surface area contributed by atoms with Crippen LogP contribution in [0.15, 0.2) is 0 Å². The van der Waals surface area contributed by atoms with E-state index in [1.165, 1.54) is 0 Å². The van der Waals surface area contributed by atoms with E-state index in [-0.39, 0.29) is 35.0 Å². The third-order valence-electron chi connectivity index (χ3n) is 9.61. The van der Waals surface area contributed by atoms with Gasteiger partial charge in [-0.3, -0.25) is 14.5 Å². The van der Waals surface area contributed by atoms with E-state index in [9.17, 15) is 14.7 Å². The number of hydrogen-bond donors (Lipinski definition) is 1. The molecule has 2 aliphatic heterocycles. The van der Waals surface area contributed by atoms with Gasteiger partial charge in [-0.1, -0.05) is 13.8 Å². The Hall–Kier alpha value is -0.780. The van der Waals surface area contributed by atoms with E-state index in [0.717, 1.165) is 19.3 Å². The molecule has 5 saturated carbocycles. The molecule has 2 heterocycles. The summed E-state index contributed by atoms with van der Waals surface area (Å²) in [6.45, 7) is 5.02. The lowest BCUT2D eigenvalue weighted by Crippen LogP contribution is -2.75. The molecule has 5 heteroatoms. The van der Waals surface area contributed by atoms with Crippen molar-refractivity contribution in [1.82, 2.24) is 4.90 Å². The lowest BCUT2D eigenvalue weighted by atomic mass is 9.34. The molecule has 0 radical (unpaired) electrons. The van der Waals surface area contributed by atoms with Crippen molar-refractivity contribution in [2.75, 3.05) is 13.6 Å². The average molecular weight is 359 g/mol. The number of Topliss-reactive ketones (excluding diaryl/α,β-unsaturated/α-hetero) is 2. The SMILES string of the molecule is C[C@@H]1C[C@]23CC(=O)[C@H]1C[C@H]2[C@@]12C[C@H]4OC1N(C)C[C@](C)([C@@H]4O)[C@H]2C(=O)C3. The maximum Gasteiger partial charge on any atom is 0.137 e. The lowest BCUT2D eigenvalue weighted by Gasteiger charge is -2.70. The van der Waals surface area contributed by atoms with Crippen LogP contribution in [-0.4, -0.2) is 53.6 Å². The summed E-state index contributed by atoms with van der Waals surface area (Å²) in [5.41, 5.74) is -0.799. The second kappa shape index (κ2) is 4.44. The number of ether oxygens (including phenoxy) is 1. The second-order valence-corrected chi connectivity index (χ2v) is 10.9. The molecule has 26 heavy (non-hydrogen) atoms. The van der Waals surface area contributed by atoms with Crippen LogP contribution in [0.3, 0.4) is 0 Å². The molecule has 7 fully saturated rings. The zero-order valence-electron chi connectivity index (χ0n) is 15.9. The van der Waals surface area contributed by atoms with Gasteiger partial charge in [-0.05, 0) is 43.6 Å². The minimum absolute atomic E-state index is 0.0846. The van der Waals surface area contributed by atoms with Crippen molar-refractivity contribution in [3.8, 4) is 0 Å². The van der Waals surface area contributed by atoms with Crippen LogP contribution >= 0.6 is 0 Å². The topological polar surface area (TPSA) is 66.8 Å². The fourth-order valence-electron chi connectivity index (χ4n) is 9.23. The summed E-state index contributed by atoms with van der Waals surface area (Å²) in [5, 5.41) is 11.1. The normalized spacial score (nSPS) is 63.2. The number of carbonyl (C=O) groups excluding carboxylic acids is 2. The number of carbonyl (C=O) groups is 2. The van der Waals surface area contributed by atoms with Gasteiger partial charge < -0.3 is 9.84 Å². The highest BCUT2D eigenvalue weighted by atomic mass is 16.5. The van der Waals surface area contributed by atoms with Crippen LogP contribution in [0.25, 0.3) is 0 Å². The molecular formula is C21H29NO4. The molecular weight excluding hydrogens is 330 g/mol. The first kappa shape index (κ1) is 16.2. The summed E-state index contributed by atoms with van der Waals surface area (Å²) >= 11 is 0. The fourth-order valence-corrected chi connectivity index (χ4v) is 9.23. The van der Waals surface area contributed by atoms with E-state index >= 15 is 0 Å². The first-order valence-electron chi connectivity index (χ1n) is 10.3. The minimum atomic E-state index is -0.574. The van der Waals surface area contributed by atoms with Gasteiger partial charge in [0.2, 0.25) is 0 Å². The third kappa shape index (κ3) is 1.47. The molecule has 10 atom stereocenters. The summed E-state index contributed by atoms with van der Waals surface area (Å²) < 4.78 is 6.42. The van der Waals surface area contributed by atoms with Crippen molar-refractivity contribution in [3.63, 3.8) is 0 Å². The number of piperidine rings is 1. The monoisotopic (exact) mass is 359 g/mol. The largest absolute Gasteiger partial charge is 0.390 e. The van der Waals surface area contributed by atoms with E-state index in [2.05, 4.69) is 25.8 Å². The minimum Gasteiger partial charge on any atom is -0.390 e. The number of hydrogen-bond acceptors (Lipinski definition) is 5. The average Bonchev–Trinajstić information content (AvgIpc) is 2.86. The first-order valence-corrected chi connectivity index (χ1v) is 10.3. The highest BCUT2D eigenvalue weighted by molar-refractivity contribution is 5.90. The van der Waals surface area contributed by atoms with Crippen molar-refractivity contribution in [2.24, 2.45) is 39.9 Å².